The van der Waals surface area contributed by atoms with Crippen molar-refractivity contribution in [2.45, 2.75) is 56.4 Å². The van der Waals surface area contributed by atoms with Gasteiger partial charge < -0.3 is 14.6 Å². The van der Waals surface area contributed by atoms with E-state index in [2.05, 4.69) is 6.92 Å². The molecule has 3 rings (SSSR count). The molecule has 5 nitrogen and oxygen atoms in total. The first-order valence-corrected chi connectivity index (χ1v) is 12.8. The molecule has 0 amide bonds. The summed E-state index contributed by atoms with van der Waals surface area (Å²) in [7, 11) is -2.09. The fourth-order valence-electron chi connectivity index (χ4n) is 4.72. The number of fused-ring (bicyclic) bond motifs is 1. The first kappa shape index (κ1) is 24.7. The van der Waals surface area contributed by atoms with Gasteiger partial charge >= 0.3 is 0 Å². The molecule has 1 heterocycles. The van der Waals surface area contributed by atoms with Crippen molar-refractivity contribution in [2.24, 2.45) is 5.41 Å². The predicted octanol–water partition coefficient (Wildman–Crippen LogP) is 4.72. The lowest BCUT2D eigenvalue weighted by atomic mass is 9.69. The van der Waals surface area contributed by atoms with Crippen LogP contribution in [-0.4, -0.2) is 45.7 Å². The molecule has 1 aliphatic heterocycles. The second-order valence-corrected chi connectivity index (χ2v) is 10.6. The smallest absolute Gasteiger partial charge is 0.179 e. The molecule has 0 fully saturated rings. The number of benzene rings is 2. The van der Waals surface area contributed by atoms with Gasteiger partial charge in [-0.2, -0.15) is 0 Å². The van der Waals surface area contributed by atoms with E-state index in [4.69, 9.17) is 9.47 Å². The molecule has 7 heteroatoms. The Morgan fingerprint density at radius 1 is 1.12 bits per heavy atom. The summed E-state index contributed by atoms with van der Waals surface area (Å²) in [5.74, 6) is -0.612. The maximum atomic E-state index is 13.7. The highest BCUT2D eigenvalue weighted by atomic mass is 32.2. The molecule has 0 bridgehead atoms. The molecule has 32 heavy (non-hydrogen) atoms. The standard InChI is InChI=1S/C25H33FO5S/c1-4-6-13-25(5-2)17-32(28,29)22-12-11-20(31-15-14-30-3)16-21(22)23(24(25)27)18-7-9-19(26)10-8-18/h7-12,16,23-24,27H,4-6,13-15,17H2,1-3H3/t23?,24-,25-/m1/s1. The molecule has 3 atom stereocenters. The van der Waals surface area contributed by atoms with Gasteiger partial charge in [-0.25, -0.2) is 12.8 Å². The Balaban J connectivity index is 2.21. The number of hydrogen-bond acceptors (Lipinski definition) is 5. The first-order valence-electron chi connectivity index (χ1n) is 11.2. The number of halogens is 1. The number of methoxy groups -OCH3 is 1. The van der Waals surface area contributed by atoms with Crippen LogP contribution in [0.25, 0.3) is 0 Å². The molecule has 0 saturated carbocycles. The Bertz CT molecular complexity index is 1010. The zero-order valence-corrected chi connectivity index (χ0v) is 19.8. The fourth-order valence-corrected chi connectivity index (χ4v) is 6.97. The summed E-state index contributed by atoms with van der Waals surface area (Å²) < 4.78 is 51.5. The molecule has 0 spiro atoms. The molecule has 176 valence electrons. The average molecular weight is 465 g/mol. The molecule has 1 aliphatic rings. The molecular weight excluding hydrogens is 431 g/mol. The quantitative estimate of drug-likeness (QED) is 0.544. The van der Waals surface area contributed by atoms with Gasteiger partial charge in [0.15, 0.2) is 9.84 Å². The lowest BCUT2D eigenvalue weighted by molar-refractivity contribution is 0.0173. The van der Waals surface area contributed by atoms with E-state index in [0.717, 1.165) is 12.8 Å². The minimum atomic E-state index is -3.67. The van der Waals surface area contributed by atoms with Gasteiger partial charge in [0.1, 0.15) is 18.2 Å². The zero-order chi connectivity index (χ0) is 23.4. The van der Waals surface area contributed by atoms with Crippen LogP contribution in [0.3, 0.4) is 0 Å². The van der Waals surface area contributed by atoms with Crippen molar-refractivity contribution in [3.05, 3.63) is 59.4 Å². The maximum absolute atomic E-state index is 13.7. The lowest BCUT2D eigenvalue weighted by Crippen LogP contribution is -2.42. The summed E-state index contributed by atoms with van der Waals surface area (Å²) in [6.07, 6.45) is 1.90. The fraction of sp³-hybridized carbons (Fsp3) is 0.520. The van der Waals surface area contributed by atoms with E-state index in [1.807, 2.05) is 6.92 Å². The summed E-state index contributed by atoms with van der Waals surface area (Å²) in [5.41, 5.74) is 0.371. The van der Waals surface area contributed by atoms with Crippen LogP contribution in [0.5, 0.6) is 5.75 Å². The number of ether oxygens (including phenoxy) is 2. The number of aliphatic hydroxyl groups is 1. The van der Waals surface area contributed by atoms with Gasteiger partial charge in [0.2, 0.25) is 0 Å². The molecule has 1 N–H and O–H groups in total. The highest BCUT2D eigenvalue weighted by Crippen LogP contribution is 2.49. The minimum absolute atomic E-state index is 0.119. The Morgan fingerprint density at radius 2 is 1.84 bits per heavy atom. The van der Waals surface area contributed by atoms with Gasteiger partial charge in [-0.3, -0.25) is 0 Å². The van der Waals surface area contributed by atoms with Crippen LogP contribution in [0.15, 0.2) is 47.4 Å². The summed E-state index contributed by atoms with van der Waals surface area (Å²) in [5, 5.41) is 11.8. The van der Waals surface area contributed by atoms with Crippen molar-refractivity contribution in [3.8, 4) is 5.75 Å². The third-order valence-corrected chi connectivity index (χ3v) is 8.59. The van der Waals surface area contributed by atoms with E-state index in [1.54, 1.807) is 37.4 Å². The van der Waals surface area contributed by atoms with Crippen LogP contribution < -0.4 is 4.74 Å². The Labute approximate surface area is 190 Å². The SMILES string of the molecule is CCCC[C@]1(CC)CS(=O)(=O)c2ccc(OCCOC)cc2C(c2ccc(F)cc2)[C@H]1O. The molecule has 0 aliphatic carbocycles. The van der Waals surface area contributed by atoms with Gasteiger partial charge in [0, 0.05) is 18.4 Å². The van der Waals surface area contributed by atoms with Gasteiger partial charge in [0.05, 0.1) is 23.4 Å². The predicted molar refractivity (Wildman–Crippen MR) is 122 cm³/mol. The maximum Gasteiger partial charge on any atom is 0.179 e. The van der Waals surface area contributed by atoms with Crippen LogP contribution in [-0.2, 0) is 14.6 Å². The number of aliphatic hydroxyl groups excluding tert-OH is 1. The van der Waals surface area contributed by atoms with Crippen molar-refractivity contribution in [1.29, 1.82) is 0 Å². The molecule has 0 saturated heterocycles. The highest BCUT2D eigenvalue weighted by molar-refractivity contribution is 7.91. The van der Waals surface area contributed by atoms with Crippen molar-refractivity contribution in [1.82, 2.24) is 0 Å². The van der Waals surface area contributed by atoms with Gasteiger partial charge in [-0.15, -0.1) is 0 Å². The first-order chi connectivity index (χ1) is 15.3. The van der Waals surface area contributed by atoms with Crippen molar-refractivity contribution < 1.29 is 27.4 Å². The molecule has 0 aromatic heterocycles. The normalized spacial score (nSPS) is 24.5. The van der Waals surface area contributed by atoms with E-state index in [1.165, 1.54) is 12.1 Å². The van der Waals surface area contributed by atoms with Crippen molar-refractivity contribution in [3.63, 3.8) is 0 Å². The molecular formula is C25H33FO5S. The Kier molecular flexibility index (Phi) is 7.96. The molecule has 2 aromatic carbocycles. The average Bonchev–Trinajstić information content (AvgIpc) is 2.84. The summed E-state index contributed by atoms with van der Waals surface area (Å²) in [6.45, 7) is 4.71. The Hall–Kier alpha value is -1.96. The van der Waals surface area contributed by atoms with E-state index < -0.39 is 27.3 Å². The molecule has 1 unspecified atom stereocenters. The van der Waals surface area contributed by atoms with Gasteiger partial charge in [-0.05, 0) is 54.3 Å². The van der Waals surface area contributed by atoms with E-state index in [0.29, 0.717) is 42.9 Å². The van der Waals surface area contributed by atoms with E-state index in [9.17, 15) is 17.9 Å². The third-order valence-electron chi connectivity index (χ3n) is 6.59. The van der Waals surface area contributed by atoms with Crippen LogP contribution in [0.4, 0.5) is 4.39 Å². The monoisotopic (exact) mass is 464 g/mol. The second-order valence-electron chi connectivity index (χ2n) is 8.59. The van der Waals surface area contributed by atoms with Crippen LogP contribution in [0.1, 0.15) is 56.6 Å². The number of sulfone groups is 1. The number of unbranched alkanes of at least 4 members (excludes halogenated alkanes) is 1. The topological polar surface area (TPSA) is 72.8 Å². The van der Waals surface area contributed by atoms with Crippen molar-refractivity contribution >= 4 is 9.84 Å². The van der Waals surface area contributed by atoms with Crippen LogP contribution in [0.2, 0.25) is 0 Å². The Morgan fingerprint density at radius 3 is 2.47 bits per heavy atom. The summed E-state index contributed by atoms with van der Waals surface area (Å²) >= 11 is 0. The van der Waals surface area contributed by atoms with E-state index in [-0.39, 0.29) is 16.5 Å². The minimum Gasteiger partial charge on any atom is -0.491 e. The highest BCUT2D eigenvalue weighted by Gasteiger charge is 2.49. The molecule has 0 radical (unpaired) electrons. The summed E-state index contributed by atoms with van der Waals surface area (Å²) in [6, 6.07) is 10.9. The van der Waals surface area contributed by atoms with Gasteiger partial charge in [-0.1, -0.05) is 38.8 Å². The van der Waals surface area contributed by atoms with Crippen LogP contribution in [0, 0.1) is 11.2 Å². The number of hydrogen-bond donors (Lipinski definition) is 1. The van der Waals surface area contributed by atoms with Crippen LogP contribution >= 0.6 is 0 Å². The second kappa shape index (κ2) is 10.3. The largest absolute Gasteiger partial charge is 0.491 e. The molecule has 2 aromatic rings. The van der Waals surface area contributed by atoms with E-state index >= 15 is 0 Å². The zero-order valence-electron chi connectivity index (χ0n) is 19.0. The van der Waals surface area contributed by atoms with Gasteiger partial charge in [0.25, 0.3) is 0 Å². The third kappa shape index (κ3) is 5.00. The lowest BCUT2D eigenvalue weighted by Gasteiger charge is -2.39. The van der Waals surface area contributed by atoms with Crippen molar-refractivity contribution in [2.75, 3.05) is 26.1 Å². The summed E-state index contributed by atoms with van der Waals surface area (Å²) in [4.78, 5) is 0.205. The number of rotatable bonds is 9.